The minimum atomic E-state index is -3.29. The Hall–Kier alpha value is -2.30. The molecule has 1 aromatic carbocycles. The van der Waals surface area contributed by atoms with Crippen LogP contribution in [0.5, 0.6) is 0 Å². The molecule has 126 valence electrons. The second-order valence-corrected chi connectivity index (χ2v) is 6.73. The molecule has 1 aromatic heterocycles. The Morgan fingerprint density at radius 1 is 1.26 bits per heavy atom. The third-order valence-electron chi connectivity index (χ3n) is 2.79. The number of non-ortho nitro benzene ring substituents is 1. The largest absolute Gasteiger partial charge is 0.412 e. The summed E-state index contributed by atoms with van der Waals surface area (Å²) in [7, 11) is -3.29. The lowest BCUT2D eigenvalue weighted by atomic mass is 10.1. The van der Waals surface area contributed by atoms with Crippen molar-refractivity contribution in [3.63, 3.8) is 0 Å². The van der Waals surface area contributed by atoms with Gasteiger partial charge in [0.25, 0.3) is 5.69 Å². The summed E-state index contributed by atoms with van der Waals surface area (Å²) in [6, 6.07) is 2.36. The van der Waals surface area contributed by atoms with Crippen LogP contribution in [0, 0.1) is 10.1 Å². The van der Waals surface area contributed by atoms with Gasteiger partial charge in [-0.15, -0.1) is 0 Å². The van der Waals surface area contributed by atoms with E-state index in [1.54, 1.807) is 0 Å². The SMILES string of the molecule is C=P(O)(O)CNCc1cc([N+](=O)[O-])cc2[nH]c(=O)c(=O)[nH]c12.O. The molecule has 2 rings (SSSR count). The molecule has 12 heteroatoms. The number of benzene rings is 1. The van der Waals surface area contributed by atoms with Crippen LogP contribution in [0.1, 0.15) is 5.56 Å². The third kappa shape index (κ3) is 4.58. The van der Waals surface area contributed by atoms with E-state index in [4.69, 9.17) is 0 Å². The molecule has 0 atom stereocenters. The van der Waals surface area contributed by atoms with Gasteiger partial charge in [-0.2, -0.15) is 0 Å². The Balaban J connectivity index is 0.00000264. The molecule has 0 amide bonds. The van der Waals surface area contributed by atoms with Crippen molar-refractivity contribution in [1.82, 2.24) is 15.3 Å². The van der Waals surface area contributed by atoms with E-state index in [1.165, 1.54) is 6.07 Å². The molecule has 11 nitrogen and oxygen atoms in total. The number of aromatic amines is 2. The quantitative estimate of drug-likeness (QED) is 0.190. The Morgan fingerprint density at radius 3 is 2.43 bits per heavy atom. The number of hydrogen-bond acceptors (Lipinski definition) is 7. The predicted octanol–water partition coefficient (Wildman–Crippen LogP) is -1.39. The zero-order valence-electron chi connectivity index (χ0n) is 11.7. The zero-order valence-corrected chi connectivity index (χ0v) is 12.6. The standard InChI is InChI=1S/C11H13N4O6P.H2O/c1-22(20,21)5-12-4-6-2-7(15(18)19)3-8-9(6)14-11(17)10(16)13-8;/h2-3,12,20-21H,1,4-5H2,(H,13,16)(H,14,17);1H2. The van der Waals surface area contributed by atoms with Crippen LogP contribution in [-0.4, -0.2) is 42.7 Å². The number of nitrogens with zero attached hydrogens (tertiary/aromatic N) is 1. The molecule has 2 aromatic rings. The first-order valence-electron chi connectivity index (χ1n) is 5.99. The number of aromatic nitrogens is 2. The van der Waals surface area contributed by atoms with E-state index in [2.05, 4.69) is 21.6 Å². The van der Waals surface area contributed by atoms with Crippen molar-refractivity contribution in [1.29, 1.82) is 0 Å². The second-order valence-electron chi connectivity index (χ2n) is 4.66. The van der Waals surface area contributed by atoms with Crippen molar-refractivity contribution in [3.05, 3.63) is 48.5 Å². The van der Waals surface area contributed by atoms with Crippen molar-refractivity contribution >= 4 is 30.4 Å². The molecule has 0 fully saturated rings. The van der Waals surface area contributed by atoms with Gasteiger partial charge in [-0.05, 0) is 5.56 Å². The van der Waals surface area contributed by atoms with Gasteiger partial charge in [-0.25, -0.2) is 0 Å². The Morgan fingerprint density at radius 2 is 1.87 bits per heavy atom. The smallest absolute Gasteiger partial charge is 0.314 e. The van der Waals surface area contributed by atoms with Gasteiger partial charge in [-0.3, -0.25) is 19.7 Å². The number of nitro benzene ring substituents is 1. The summed E-state index contributed by atoms with van der Waals surface area (Å²) in [5.41, 5.74) is -1.40. The lowest BCUT2D eigenvalue weighted by Crippen LogP contribution is -2.29. The third-order valence-corrected chi connectivity index (χ3v) is 3.52. The number of H-pyrrole nitrogens is 2. The second kappa shape index (κ2) is 6.86. The van der Waals surface area contributed by atoms with Crippen LogP contribution < -0.4 is 16.4 Å². The maximum Gasteiger partial charge on any atom is 0.314 e. The van der Waals surface area contributed by atoms with E-state index in [-0.39, 0.29) is 35.0 Å². The number of hydrogen-bond donors (Lipinski definition) is 5. The topological polar surface area (TPSA) is 193 Å². The Kier molecular flexibility index (Phi) is 5.59. The van der Waals surface area contributed by atoms with Crippen LogP contribution in [0.4, 0.5) is 5.69 Å². The van der Waals surface area contributed by atoms with Gasteiger partial charge in [0.1, 0.15) is 7.34 Å². The molecule has 0 aliphatic heterocycles. The normalized spacial score (nSPS) is 11.2. The van der Waals surface area contributed by atoms with Gasteiger partial charge in [0.2, 0.25) is 0 Å². The molecule has 0 aliphatic carbocycles. The average molecular weight is 346 g/mol. The predicted molar refractivity (Wildman–Crippen MR) is 85.6 cm³/mol. The van der Waals surface area contributed by atoms with Gasteiger partial charge in [0.05, 0.1) is 22.2 Å². The minimum absolute atomic E-state index is 0. The monoisotopic (exact) mass is 346 g/mol. The molecule has 0 spiro atoms. The molecule has 23 heavy (non-hydrogen) atoms. The van der Waals surface area contributed by atoms with Crippen molar-refractivity contribution in [2.45, 2.75) is 6.54 Å². The molecule has 1 heterocycles. The van der Waals surface area contributed by atoms with E-state index in [9.17, 15) is 29.5 Å². The van der Waals surface area contributed by atoms with Gasteiger partial charge >= 0.3 is 11.1 Å². The molecule has 0 saturated carbocycles. The van der Waals surface area contributed by atoms with E-state index in [0.717, 1.165) is 6.07 Å². The highest BCUT2D eigenvalue weighted by atomic mass is 31.2. The van der Waals surface area contributed by atoms with Crippen molar-refractivity contribution < 1.29 is 20.2 Å². The molecule has 7 N–H and O–H groups in total. The fraction of sp³-hybridized carbons (Fsp3) is 0.182. The summed E-state index contributed by atoms with van der Waals surface area (Å²) in [5.74, 6) is 0. The summed E-state index contributed by atoms with van der Waals surface area (Å²) in [6.45, 7) is 0.0125. The molecular formula is C11H15N4O7P. The van der Waals surface area contributed by atoms with Gasteiger partial charge in [0, 0.05) is 18.7 Å². The Bertz CT molecular complexity index is 897. The highest BCUT2D eigenvalue weighted by Gasteiger charge is 2.14. The van der Waals surface area contributed by atoms with E-state index >= 15 is 0 Å². The van der Waals surface area contributed by atoms with E-state index < -0.39 is 23.4 Å². The van der Waals surface area contributed by atoms with Crippen molar-refractivity contribution in [2.24, 2.45) is 0 Å². The molecular weight excluding hydrogens is 331 g/mol. The fourth-order valence-corrected chi connectivity index (χ4v) is 2.37. The maximum atomic E-state index is 11.4. The molecule has 0 saturated heterocycles. The van der Waals surface area contributed by atoms with Crippen LogP contribution in [0.15, 0.2) is 21.7 Å². The van der Waals surface area contributed by atoms with Gasteiger partial charge in [0.15, 0.2) is 0 Å². The van der Waals surface area contributed by atoms with Crippen LogP contribution in [0.25, 0.3) is 11.0 Å². The first kappa shape index (κ1) is 18.7. The summed E-state index contributed by atoms with van der Waals surface area (Å²) in [4.78, 5) is 56.0. The maximum absolute atomic E-state index is 11.4. The summed E-state index contributed by atoms with van der Waals surface area (Å²) >= 11 is 0. The Labute approximate surface area is 128 Å². The molecule has 0 unspecified atom stereocenters. The number of fused-ring (bicyclic) bond motifs is 1. The highest BCUT2D eigenvalue weighted by Crippen LogP contribution is 2.31. The van der Waals surface area contributed by atoms with Gasteiger partial charge in [-0.1, -0.05) is 6.30 Å². The average Bonchev–Trinajstić information content (AvgIpc) is 2.38. The number of nitro groups is 1. The summed E-state index contributed by atoms with van der Waals surface area (Å²) in [6.07, 6.45) is 2.99. The minimum Gasteiger partial charge on any atom is -0.412 e. The first-order valence-corrected chi connectivity index (χ1v) is 8.06. The van der Waals surface area contributed by atoms with Crippen molar-refractivity contribution in [3.8, 4) is 0 Å². The van der Waals surface area contributed by atoms with Crippen LogP contribution in [0.2, 0.25) is 0 Å². The number of rotatable bonds is 5. The fourth-order valence-electron chi connectivity index (χ4n) is 1.90. The highest BCUT2D eigenvalue weighted by molar-refractivity contribution is 7.62. The van der Waals surface area contributed by atoms with Crippen LogP contribution in [-0.2, 0) is 6.54 Å². The number of nitrogens with one attached hydrogen (secondary N) is 3. The lowest BCUT2D eigenvalue weighted by molar-refractivity contribution is -0.384. The molecule has 0 bridgehead atoms. The van der Waals surface area contributed by atoms with E-state index in [0.29, 0.717) is 5.56 Å². The van der Waals surface area contributed by atoms with Crippen LogP contribution >= 0.6 is 7.34 Å². The summed E-state index contributed by atoms with van der Waals surface area (Å²) < 4.78 is 0. The first-order chi connectivity index (χ1) is 10.2. The van der Waals surface area contributed by atoms with E-state index in [1.807, 2.05) is 0 Å². The van der Waals surface area contributed by atoms with Gasteiger partial charge < -0.3 is 30.5 Å². The van der Waals surface area contributed by atoms with Crippen molar-refractivity contribution in [2.75, 3.05) is 6.29 Å². The van der Waals surface area contributed by atoms with Crippen LogP contribution in [0.3, 0.4) is 0 Å². The summed E-state index contributed by atoms with van der Waals surface area (Å²) in [5, 5.41) is 13.6. The lowest BCUT2D eigenvalue weighted by Gasteiger charge is -2.12. The molecule has 0 aliphatic rings. The molecule has 0 radical (unpaired) electrons. The zero-order chi connectivity index (χ0) is 16.5.